The number of β-amino-alcohol motifs (C(OH)–C–C–N with tert-alkyl or cyclic N) is 1. The zero-order valence-electron chi connectivity index (χ0n) is 16.9. The number of methoxy groups -OCH3 is 1. The number of aliphatic hydroxyl groups excluding tert-OH is 1. The van der Waals surface area contributed by atoms with Crippen LogP contribution in [0.1, 0.15) is 22.9 Å². The topological polar surface area (TPSA) is 51.7 Å². The SMILES string of the molecule is COc1ccccc1N1CCN(C[C@H](O)c2c(C)[nH]c3c(C)cccc23)CC1. The first-order valence-electron chi connectivity index (χ1n) is 9.94. The Kier molecular flexibility index (Phi) is 5.29. The Bertz CT molecular complexity index is 958. The van der Waals surface area contributed by atoms with E-state index in [1.807, 2.05) is 12.1 Å². The zero-order valence-corrected chi connectivity index (χ0v) is 16.9. The predicted octanol–water partition coefficient (Wildman–Crippen LogP) is 3.65. The third-order valence-corrected chi connectivity index (χ3v) is 5.84. The van der Waals surface area contributed by atoms with Crippen LogP contribution in [0.25, 0.3) is 10.9 Å². The van der Waals surface area contributed by atoms with Crippen LogP contribution in [0.5, 0.6) is 5.75 Å². The zero-order chi connectivity index (χ0) is 19.7. The number of ether oxygens (including phenoxy) is 1. The molecule has 1 saturated heterocycles. The lowest BCUT2D eigenvalue weighted by Gasteiger charge is -2.37. The molecule has 0 saturated carbocycles. The van der Waals surface area contributed by atoms with Crippen molar-refractivity contribution < 1.29 is 9.84 Å². The van der Waals surface area contributed by atoms with Crippen LogP contribution in [-0.4, -0.2) is 54.8 Å². The minimum absolute atomic E-state index is 0.492. The first-order valence-corrected chi connectivity index (χ1v) is 9.94. The number of aliphatic hydroxyl groups is 1. The molecule has 148 valence electrons. The molecule has 0 unspecified atom stereocenters. The number of nitrogens with one attached hydrogen (secondary N) is 1. The second-order valence-corrected chi connectivity index (χ2v) is 7.64. The van der Waals surface area contributed by atoms with E-state index in [1.165, 1.54) is 5.56 Å². The number of aryl methyl sites for hydroxylation is 2. The highest BCUT2D eigenvalue weighted by Crippen LogP contribution is 2.31. The predicted molar refractivity (Wildman–Crippen MR) is 114 cm³/mol. The quantitative estimate of drug-likeness (QED) is 0.711. The van der Waals surface area contributed by atoms with E-state index in [-0.39, 0.29) is 0 Å². The molecule has 2 aromatic carbocycles. The standard InChI is InChI=1S/C23H29N3O2/c1-16-7-6-8-18-22(17(2)24-23(16)18)20(27)15-25-11-13-26(14-12-25)19-9-4-5-10-21(19)28-3/h4-10,20,24,27H,11-15H2,1-3H3/t20-/m0/s1. The number of aromatic amines is 1. The van der Waals surface area contributed by atoms with Crippen LogP contribution in [0.3, 0.4) is 0 Å². The smallest absolute Gasteiger partial charge is 0.142 e. The van der Waals surface area contributed by atoms with Crippen molar-refractivity contribution in [2.24, 2.45) is 0 Å². The number of hydrogen-bond donors (Lipinski definition) is 2. The molecule has 0 amide bonds. The monoisotopic (exact) mass is 379 g/mol. The number of fused-ring (bicyclic) bond motifs is 1. The van der Waals surface area contributed by atoms with Crippen LogP contribution >= 0.6 is 0 Å². The van der Waals surface area contributed by atoms with Gasteiger partial charge >= 0.3 is 0 Å². The summed E-state index contributed by atoms with van der Waals surface area (Å²) in [6.07, 6.45) is -0.492. The average Bonchev–Trinajstić information content (AvgIpc) is 3.06. The number of anilines is 1. The molecule has 0 radical (unpaired) electrons. The third-order valence-electron chi connectivity index (χ3n) is 5.84. The Morgan fingerprint density at radius 1 is 1.04 bits per heavy atom. The van der Waals surface area contributed by atoms with Crippen LogP contribution in [0.2, 0.25) is 0 Å². The van der Waals surface area contributed by atoms with Gasteiger partial charge in [0.05, 0.1) is 18.9 Å². The number of piperazine rings is 1. The van der Waals surface area contributed by atoms with E-state index in [1.54, 1.807) is 7.11 Å². The molecule has 0 bridgehead atoms. The van der Waals surface area contributed by atoms with Gasteiger partial charge in [-0.25, -0.2) is 0 Å². The van der Waals surface area contributed by atoms with Crippen molar-refractivity contribution in [2.75, 3.05) is 44.7 Å². The largest absolute Gasteiger partial charge is 0.495 e. The highest BCUT2D eigenvalue weighted by Gasteiger charge is 2.24. The molecule has 0 aliphatic carbocycles. The van der Waals surface area contributed by atoms with Crippen molar-refractivity contribution in [3.63, 3.8) is 0 Å². The number of H-pyrrole nitrogens is 1. The summed E-state index contributed by atoms with van der Waals surface area (Å²) in [6, 6.07) is 14.4. The summed E-state index contributed by atoms with van der Waals surface area (Å²) in [7, 11) is 1.72. The fourth-order valence-corrected chi connectivity index (χ4v) is 4.34. The molecule has 1 atom stereocenters. The molecule has 0 spiro atoms. The highest BCUT2D eigenvalue weighted by atomic mass is 16.5. The molecule has 2 heterocycles. The van der Waals surface area contributed by atoms with Crippen molar-refractivity contribution in [1.82, 2.24) is 9.88 Å². The van der Waals surface area contributed by atoms with E-state index in [4.69, 9.17) is 4.74 Å². The van der Waals surface area contributed by atoms with Gasteiger partial charge in [-0.05, 0) is 31.5 Å². The van der Waals surface area contributed by atoms with Gasteiger partial charge in [-0.15, -0.1) is 0 Å². The molecular weight excluding hydrogens is 350 g/mol. The Labute approximate surface area is 166 Å². The number of nitrogens with zero attached hydrogens (tertiary/aromatic N) is 2. The summed E-state index contributed by atoms with van der Waals surface area (Å²) in [5.41, 5.74) is 5.59. The molecule has 28 heavy (non-hydrogen) atoms. The van der Waals surface area contributed by atoms with Gasteiger partial charge in [0.15, 0.2) is 0 Å². The molecule has 3 aromatic rings. The number of hydrogen-bond acceptors (Lipinski definition) is 4. The van der Waals surface area contributed by atoms with E-state index >= 15 is 0 Å². The Hall–Kier alpha value is -2.50. The summed E-state index contributed by atoms with van der Waals surface area (Å²) in [5, 5.41) is 12.1. The van der Waals surface area contributed by atoms with Crippen LogP contribution in [0, 0.1) is 13.8 Å². The Morgan fingerprint density at radius 2 is 1.79 bits per heavy atom. The minimum Gasteiger partial charge on any atom is -0.495 e. The van der Waals surface area contributed by atoms with Crippen LogP contribution in [0.15, 0.2) is 42.5 Å². The van der Waals surface area contributed by atoms with Gasteiger partial charge in [0, 0.05) is 54.9 Å². The molecule has 2 N–H and O–H groups in total. The first kappa shape index (κ1) is 18.8. The van der Waals surface area contributed by atoms with Gasteiger partial charge in [0.25, 0.3) is 0 Å². The van der Waals surface area contributed by atoms with Gasteiger partial charge in [-0.2, -0.15) is 0 Å². The number of rotatable bonds is 5. The van der Waals surface area contributed by atoms with Crippen molar-refractivity contribution in [3.05, 3.63) is 59.3 Å². The molecule has 1 aliphatic rings. The van der Waals surface area contributed by atoms with Gasteiger partial charge in [-0.1, -0.05) is 30.3 Å². The summed E-state index contributed by atoms with van der Waals surface area (Å²) < 4.78 is 5.50. The van der Waals surface area contributed by atoms with Crippen molar-refractivity contribution in [2.45, 2.75) is 20.0 Å². The van der Waals surface area contributed by atoms with E-state index in [0.29, 0.717) is 6.54 Å². The van der Waals surface area contributed by atoms with Gasteiger partial charge in [0.1, 0.15) is 5.75 Å². The van der Waals surface area contributed by atoms with Crippen LogP contribution in [0.4, 0.5) is 5.69 Å². The van der Waals surface area contributed by atoms with E-state index in [2.05, 4.69) is 59.0 Å². The molecular formula is C23H29N3O2. The maximum absolute atomic E-state index is 11.0. The summed E-state index contributed by atoms with van der Waals surface area (Å²) in [6.45, 7) is 8.52. The molecule has 1 aromatic heterocycles. The Morgan fingerprint density at radius 3 is 2.54 bits per heavy atom. The van der Waals surface area contributed by atoms with E-state index in [9.17, 15) is 5.11 Å². The van der Waals surface area contributed by atoms with Crippen molar-refractivity contribution in [3.8, 4) is 5.75 Å². The van der Waals surface area contributed by atoms with E-state index < -0.39 is 6.10 Å². The maximum atomic E-state index is 11.0. The maximum Gasteiger partial charge on any atom is 0.142 e. The Balaban J connectivity index is 1.44. The first-order chi connectivity index (χ1) is 13.6. The normalized spacial score (nSPS) is 16.5. The van der Waals surface area contributed by atoms with Crippen molar-refractivity contribution in [1.29, 1.82) is 0 Å². The molecule has 1 aliphatic heterocycles. The van der Waals surface area contributed by atoms with Crippen LogP contribution in [-0.2, 0) is 0 Å². The summed E-state index contributed by atoms with van der Waals surface area (Å²) >= 11 is 0. The fourth-order valence-electron chi connectivity index (χ4n) is 4.34. The fraction of sp³-hybridized carbons (Fsp3) is 0.391. The lowest BCUT2D eigenvalue weighted by molar-refractivity contribution is 0.110. The lowest BCUT2D eigenvalue weighted by atomic mass is 10.0. The van der Waals surface area contributed by atoms with Gasteiger partial charge < -0.3 is 19.7 Å². The third kappa shape index (κ3) is 3.48. The molecule has 5 nitrogen and oxygen atoms in total. The second-order valence-electron chi connectivity index (χ2n) is 7.64. The second kappa shape index (κ2) is 7.86. The van der Waals surface area contributed by atoms with Gasteiger partial charge in [0.2, 0.25) is 0 Å². The molecule has 4 rings (SSSR count). The molecule has 5 heteroatoms. The number of aromatic nitrogens is 1. The summed E-state index contributed by atoms with van der Waals surface area (Å²) in [4.78, 5) is 8.17. The van der Waals surface area contributed by atoms with Gasteiger partial charge in [-0.3, -0.25) is 4.90 Å². The number of benzene rings is 2. The highest BCUT2D eigenvalue weighted by molar-refractivity contribution is 5.87. The molecule has 1 fully saturated rings. The number of para-hydroxylation sites is 3. The minimum atomic E-state index is -0.492. The van der Waals surface area contributed by atoms with Crippen LogP contribution < -0.4 is 9.64 Å². The average molecular weight is 380 g/mol. The lowest BCUT2D eigenvalue weighted by Crippen LogP contribution is -2.47. The van der Waals surface area contributed by atoms with E-state index in [0.717, 1.165) is 59.8 Å². The van der Waals surface area contributed by atoms with Crippen molar-refractivity contribution >= 4 is 16.6 Å². The summed E-state index contributed by atoms with van der Waals surface area (Å²) in [5.74, 6) is 0.917.